The maximum atomic E-state index is 11.0. The van der Waals surface area contributed by atoms with Gasteiger partial charge < -0.3 is 15.2 Å². The summed E-state index contributed by atoms with van der Waals surface area (Å²) in [5.74, 6) is 0.224. The summed E-state index contributed by atoms with van der Waals surface area (Å²) in [5.41, 5.74) is 1.74. The van der Waals surface area contributed by atoms with Crippen molar-refractivity contribution in [3.63, 3.8) is 0 Å². The Balaban J connectivity index is 0.00000128. The van der Waals surface area contributed by atoms with Crippen LogP contribution in [0.1, 0.15) is 23.6 Å². The van der Waals surface area contributed by atoms with Crippen LogP contribution in [0.4, 0.5) is 4.79 Å². The topological polar surface area (TPSA) is 58.6 Å². The molecule has 0 radical (unpaired) electrons. The number of amides is 1. The second-order valence-electron chi connectivity index (χ2n) is 3.68. The first-order valence-corrected chi connectivity index (χ1v) is 4.89. The molecule has 1 heterocycles. The Morgan fingerprint density at radius 3 is 2.88 bits per heavy atom. The van der Waals surface area contributed by atoms with E-state index in [0.717, 1.165) is 11.1 Å². The van der Waals surface area contributed by atoms with Gasteiger partial charge in [0.1, 0.15) is 5.75 Å². The first-order valence-electron chi connectivity index (χ1n) is 4.89. The number of aromatic hydroxyl groups is 1. The van der Waals surface area contributed by atoms with E-state index in [0.29, 0.717) is 13.0 Å². The fourth-order valence-corrected chi connectivity index (χ4v) is 1.71. The Morgan fingerprint density at radius 1 is 1.50 bits per heavy atom. The summed E-state index contributed by atoms with van der Waals surface area (Å²) >= 11 is 0. The van der Waals surface area contributed by atoms with E-state index >= 15 is 0 Å². The first kappa shape index (κ1) is 12.6. The van der Waals surface area contributed by atoms with Crippen molar-refractivity contribution in [2.75, 3.05) is 6.61 Å². The fourth-order valence-electron chi connectivity index (χ4n) is 1.71. The van der Waals surface area contributed by atoms with Crippen LogP contribution in [0.2, 0.25) is 0 Å². The van der Waals surface area contributed by atoms with E-state index in [1.807, 2.05) is 19.1 Å². The van der Waals surface area contributed by atoms with Crippen LogP contribution in [-0.2, 0) is 4.74 Å². The minimum absolute atomic E-state index is 0. The summed E-state index contributed by atoms with van der Waals surface area (Å²) < 4.78 is 4.76. The number of ether oxygens (including phenoxy) is 1. The highest BCUT2D eigenvalue weighted by Gasteiger charge is 2.22. The van der Waals surface area contributed by atoms with Gasteiger partial charge in [0.2, 0.25) is 0 Å². The lowest BCUT2D eigenvalue weighted by Gasteiger charge is -2.24. The fraction of sp³-hybridized carbons (Fsp3) is 0.364. The molecule has 1 atom stereocenters. The van der Waals surface area contributed by atoms with E-state index in [-0.39, 0.29) is 24.2 Å². The molecule has 88 valence electrons. The van der Waals surface area contributed by atoms with Gasteiger partial charge in [-0.15, -0.1) is 12.4 Å². The SMILES string of the molecule is Cc1ccc([C@@H]2CCOC(=O)N2)c(O)c1.Cl. The molecule has 1 aromatic carbocycles. The van der Waals surface area contributed by atoms with Crippen LogP contribution in [0.5, 0.6) is 5.75 Å². The average Bonchev–Trinajstić information content (AvgIpc) is 2.17. The largest absolute Gasteiger partial charge is 0.508 e. The van der Waals surface area contributed by atoms with E-state index in [2.05, 4.69) is 5.32 Å². The first-order chi connectivity index (χ1) is 7.16. The van der Waals surface area contributed by atoms with Crippen molar-refractivity contribution in [3.05, 3.63) is 29.3 Å². The second-order valence-corrected chi connectivity index (χ2v) is 3.68. The van der Waals surface area contributed by atoms with Gasteiger partial charge in [-0.25, -0.2) is 4.79 Å². The van der Waals surface area contributed by atoms with Gasteiger partial charge in [-0.3, -0.25) is 0 Å². The third kappa shape index (κ3) is 2.58. The maximum Gasteiger partial charge on any atom is 0.407 e. The van der Waals surface area contributed by atoms with Crippen molar-refractivity contribution >= 4 is 18.5 Å². The molecule has 0 bridgehead atoms. The summed E-state index contributed by atoms with van der Waals surface area (Å²) in [6.07, 6.45) is 0.258. The molecule has 1 aromatic rings. The third-order valence-electron chi connectivity index (χ3n) is 2.49. The predicted octanol–water partition coefficient (Wildman–Crippen LogP) is 2.29. The zero-order valence-electron chi connectivity index (χ0n) is 8.90. The molecule has 0 saturated carbocycles. The average molecular weight is 244 g/mol. The Labute approximate surface area is 100 Å². The molecular weight excluding hydrogens is 230 g/mol. The van der Waals surface area contributed by atoms with Crippen LogP contribution in [-0.4, -0.2) is 17.8 Å². The Morgan fingerprint density at radius 2 is 2.25 bits per heavy atom. The van der Waals surface area contributed by atoms with Gasteiger partial charge in [-0.05, 0) is 18.6 Å². The minimum Gasteiger partial charge on any atom is -0.508 e. The number of alkyl carbamates (subject to hydrolysis) is 1. The predicted molar refractivity (Wildman–Crippen MR) is 61.9 cm³/mol. The minimum atomic E-state index is -0.425. The van der Waals surface area contributed by atoms with Gasteiger partial charge in [0, 0.05) is 12.0 Å². The number of hydrogen-bond acceptors (Lipinski definition) is 3. The molecule has 0 unspecified atom stereocenters. The number of halogens is 1. The number of rotatable bonds is 1. The van der Waals surface area contributed by atoms with E-state index in [1.54, 1.807) is 6.07 Å². The molecule has 5 heteroatoms. The van der Waals surface area contributed by atoms with Crippen molar-refractivity contribution in [1.29, 1.82) is 0 Å². The highest BCUT2D eigenvalue weighted by Crippen LogP contribution is 2.28. The van der Waals surface area contributed by atoms with Crippen molar-refractivity contribution in [2.45, 2.75) is 19.4 Å². The van der Waals surface area contributed by atoms with Crippen LogP contribution in [0.15, 0.2) is 18.2 Å². The number of carbonyl (C=O) groups is 1. The Kier molecular flexibility index (Phi) is 4.01. The summed E-state index contributed by atoms with van der Waals surface area (Å²) in [6.45, 7) is 2.30. The number of nitrogens with one attached hydrogen (secondary N) is 1. The second kappa shape index (κ2) is 5.07. The molecule has 0 aromatic heterocycles. The van der Waals surface area contributed by atoms with Crippen LogP contribution >= 0.6 is 12.4 Å². The summed E-state index contributed by atoms with van der Waals surface area (Å²) in [7, 11) is 0. The number of aryl methyl sites for hydroxylation is 1. The van der Waals surface area contributed by atoms with Crippen LogP contribution in [0, 0.1) is 6.92 Å². The molecular formula is C11H14ClNO3. The van der Waals surface area contributed by atoms with Gasteiger partial charge in [-0.2, -0.15) is 0 Å². The van der Waals surface area contributed by atoms with E-state index in [4.69, 9.17) is 4.74 Å². The number of benzene rings is 1. The molecule has 0 spiro atoms. The van der Waals surface area contributed by atoms with Crippen molar-refractivity contribution in [3.8, 4) is 5.75 Å². The van der Waals surface area contributed by atoms with Gasteiger partial charge in [0.15, 0.2) is 0 Å². The number of carbonyl (C=O) groups excluding carboxylic acids is 1. The molecule has 1 amide bonds. The summed E-state index contributed by atoms with van der Waals surface area (Å²) in [5, 5.41) is 12.4. The van der Waals surface area contributed by atoms with Crippen LogP contribution < -0.4 is 5.32 Å². The molecule has 1 saturated heterocycles. The lowest BCUT2D eigenvalue weighted by molar-refractivity contribution is 0.115. The zero-order chi connectivity index (χ0) is 10.8. The number of phenols is 1. The van der Waals surface area contributed by atoms with Gasteiger partial charge in [0.05, 0.1) is 12.6 Å². The molecule has 1 fully saturated rings. The van der Waals surface area contributed by atoms with Crippen molar-refractivity contribution in [2.24, 2.45) is 0 Å². The highest BCUT2D eigenvalue weighted by atomic mass is 35.5. The van der Waals surface area contributed by atoms with Crippen LogP contribution in [0.25, 0.3) is 0 Å². The maximum absolute atomic E-state index is 11.0. The van der Waals surface area contributed by atoms with Crippen molar-refractivity contribution in [1.82, 2.24) is 5.32 Å². The van der Waals surface area contributed by atoms with Gasteiger partial charge >= 0.3 is 6.09 Å². The number of phenolic OH excluding ortho intramolecular Hbond substituents is 1. The van der Waals surface area contributed by atoms with Crippen molar-refractivity contribution < 1.29 is 14.6 Å². The van der Waals surface area contributed by atoms with Gasteiger partial charge in [0.25, 0.3) is 0 Å². The quantitative estimate of drug-likeness (QED) is 0.796. The summed E-state index contributed by atoms with van der Waals surface area (Å²) in [6, 6.07) is 5.29. The molecule has 1 aliphatic heterocycles. The standard InChI is InChI=1S/C11H13NO3.ClH/c1-7-2-3-8(10(13)6-7)9-4-5-15-11(14)12-9;/h2-3,6,9,13H,4-5H2,1H3,(H,12,14);1H/t9-;/m0./s1. The molecule has 4 nitrogen and oxygen atoms in total. The van der Waals surface area contributed by atoms with E-state index < -0.39 is 6.09 Å². The normalized spacial score (nSPS) is 19.3. The third-order valence-corrected chi connectivity index (χ3v) is 2.49. The monoisotopic (exact) mass is 243 g/mol. The number of cyclic esters (lactones) is 1. The lowest BCUT2D eigenvalue weighted by Crippen LogP contribution is -2.35. The Bertz CT molecular complexity index is 395. The van der Waals surface area contributed by atoms with Gasteiger partial charge in [-0.1, -0.05) is 12.1 Å². The van der Waals surface area contributed by atoms with Crippen LogP contribution in [0.3, 0.4) is 0 Å². The van der Waals surface area contributed by atoms with E-state index in [1.165, 1.54) is 0 Å². The number of hydrogen-bond donors (Lipinski definition) is 2. The molecule has 1 aliphatic rings. The highest BCUT2D eigenvalue weighted by molar-refractivity contribution is 5.85. The molecule has 16 heavy (non-hydrogen) atoms. The lowest BCUT2D eigenvalue weighted by atomic mass is 10.0. The zero-order valence-corrected chi connectivity index (χ0v) is 9.71. The Hall–Kier alpha value is -1.42. The molecule has 2 N–H and O–H groups in total. The smallest absolute Gasteiger partial charge is 0.407 e. The molecule has 2 rings (SSSR count). The summed E-state index contributed by atoms with van der Waals surface area (Å²) in [4.78, 5) is 11.0. The van der Waals surface area contributed by atoms with E-state index in [9.17, 15) is 9.90 Å². The molecule has 0 aliphatic carbocycles.